The van der Waals surface area contributed by atoms with E-state index in [1.54, 1.807) is 41.7 Å². The number of imide groups is 1. The lowest BCUT2D eigenvalue weighted by Gasteiger charge is -2.42. The van der Waals surface area contributed by atoms with Crippen LogP contribution in [-0.4, -0.2) is 107 Å². The summed E-state index contributed by atoms with van der Waals surface area (Å²) in [5.41, 5.74) is 3.63. The van der Waals surface area contributed by atoms with Gasteiger partial charge in [0.25, 0.3) is 5.91 Å². The second kappa shape index (κ2) is 17.6. The minimum absolute atomic E-state index is 0.199. The van der Waals surface area contributed by atoms with Crippen LogP contribution < -0.4 is 21.1 Å². The summed E-state index contributed by atoms with van der Waals surface area (Å²) in [5.74, 6) is 6.52. The van der Waals surface area contributed by atoms with E-state index in [9.17, 15) is 19.2 Å². The van der Waals surface area contributed by atoms with Gasteiger partial charge >= 0.3 is 5.69 Å². The Morgan fingerprint density at radius 1 is 1.02 bits per heavy atom. The molecule has 1 aliphatic carbocycles. The van der Waals surface area contributed by atoms with Crippen LogP contribution in [0, 0.1) is 11.8 Å². The lowest BCUT2D eigenvalue weighted by Crippen LogP contribution is -2.48. The van der Waals surface area contributed by atoms with Crippen molar-refractivity contribution in [2.24, 2.45) is 7.05 Å². The SMILES string of the molecule is C=C.COc1cc2nn(C3CCC(N(C)C4CCN(CC#Cc5cccc6c5n(C)c(=O)n6C5CCC(=O)NC5=O)CC4)CC3)cc2cc1C(=O)Nc1cnc2cccnn12. The second-order valence-corrected chi connectivity index (χ2v) is 15.9. The molecule has 3 aliphatic rings. The number of aryl methyl sites for hydroxylation is 1. The summed E-state index contributed by atoms with van der Waals surface area (Å²) in [5, 5.41) is 15.4. The number of aromatic nitrogens is 7. The molecule has 2 N–H and O–H groups in total. The van der Waals surface area contributed by atoms with E-state index < -0.39 is 11.9 Å². The maximum Gasteiger partial charge on any atom is 0.329 e. The molecule has 6 heterocycles. The highest BCUT2D eigenvalue weighted by molar-refractivity contribution is 6.08. The normalized spacial score (nSPS) is 20.0. The van der Waals surface area contributed by atoms with Crippen molar-refractivity contribution in [3.63, 3.8) is 0 Å². The number of fused-ring (bicyclic) bond motifs is 3. The van der Waals surface area contributed by atoms with Gasteiger partial charge < -0.3 is 15.0 Å². The van der Waals surface area contributed by atoms with Crippen molar-refractivity contribution in [2.45, 2.75) is 75.5 Å². The van der Waals surface area contributed by atoms with Crippen LogP contribution in [0.3, 0.4) is 0 Å². The molecular weight excluding hydrogens is 775 g/mol. The number of likely N-dealkylation sites (tertiary alicyclic amines) is 1. The number of ether oxygens (including phenoxy) is 1. The maximum absolute atomic E-state index is 13.4. The molecule has 61 heavy (non-hydrogen) atoms. The Balaban J connectivity index is 0.00000253. The van der Waals surface area contributed by atoms with Crippen LogP contribution in [0.1, 0.15) is 79.4 Å². The van der Waals surface area contributed by atoms with E-state index in [2.05, 4.69) is 67.2 Å². The van der Waals surface area contributed by atoms with Gasteiger partial charge in [-0.05, 0) is 82.3 Å². The number of para-hydroxylation sites is 1. The number of methoxy groups -OCH3 is 1. The third kappa shape index (κ3) is 8.06. The molecule has 2 aliphatic heterocycles. The van der Waals surface area contributed by atoms with E-state index in [4.69, 9.17) is 9.84 Å². The molecule has 2 saturated heterocycles. The Morgan fingerprint density at radius 3 is 2.54 bits per heavy atom. The van der Waals surface area contributed by atoms with E-state index in [-0.39, 0.29) is 30.0 Å². The average molecular weight is 826 g/mol. The molecule has 16 heteroatoms. The van der Waals surface area contributed by atoms with Gasteiger partial charge in [0.05, 0.1) is 53.6 Å². The first-order valence-corrected chi connectivity index (χ1v) is 20.8. The zero-order valence-electron chi connectivity index (χ0n) is 34.8. The molecule has 6 aromatic rings. The van der Waals surface area contributed by atoms with Crippen LogP contribution in [0.2, 0.25) is 0 Å². The topological polar surface area (TPSA) is 166 Å². The average Bonchev–Trinajstić information content (AvgIpc) is 3.97. The molecular formula is C45H51N11O5. The number of hydrogen-bond donors (Lipinski definition) is 2. The number of carbonyl (C=O) groups is 3. The summed E-state index contributed by atoms with van der Waals surface area (Å²) in [6, 6.07) is 13.5. The van der Waals surface area contributed by atoms with E-state index in [0.717, 1.165) is 68.1 Å². The van der Waals surface area contributed by atoms with Crippen LogP contribution in [0.4, 0.5) is 5.82 Å². The van der Waals surface area contributed by atoms with Crippen molar-refractivity contribution in [3.8, 4) is 17.6 Å². The smallest absolute Gasteiger partial charge is 0.329 e. The lowest BCUT2D eigenvalue weighted by molar-refractivity contribution is -0.135. The van der Waals surface area contributed by atoms with Crippen LogP contribution in [-0.2, 0) is 16.6 Å². The standard InChI is InChI=1S/C43H47N11O5.C2H4/c1-49(30-17-21-51(22-18-30)20-6-8-27-7-4-9-34-40(27)50(2)43(58)53(34)35-15-16-39(55)47-42(35)57)29-11-13-31(14-12-29)52-26-28-23-32(36(59-3)24-33(28)48-52)41(56)46-38-25-44-37-10-5-19-45-54(37)38;1-2/h4-5,7,9-10,19,23-26,29-31,35H,11-18,20-22H2,1-3H3,(H,46,56)(H,47,55,57);1-2H2. The fourth-order valence-electron chi connectivity index (χ4n) is 9.23. The fourth-order valence-corrected chi connectivity index (χ4v) is 9.23. The minimum atomic E-state index is -0.727. The van der Waals surface area contributed by atoms with Crippen LogP contribution in [0.15, 0.2) is 79.0 Å². The van der Waals surface area contributed by atoms with Gasteiger partial charge in [0.2, 0.25) is 11.8 Å². The van der Waals surface area contributed by atoms with Gasteiger partial charge in [0, 0.05) is 62.5 Å². The molecule has 316 valence electrons. The number of amides is 3. The monoisotopic (exact) mass is 825 g/mol. The number of hydrogen-bond acceptors (Lipinski definition) is 10. The predicted molar refractivity (Wildman–Crippen MR) is 232 cm³/mol. The molecule has 1 atom stereocenters. The Bertz CT molecular complexity index is 2740. The number of carbonyl (C=O) groups excluding carboxylic acids is 3. The largest absolute Gasteiger partial charge is 0.496 e. The molecule has 3 fully saturated rings. The molecule has 16 nitrogen and oxygen atoms in total. The van der Waals surface area contributed by atoms with Gasteiger partial charge in [0.15, 0.2) is 11.5 Å². The van der Waals surface area contributed by atoms with Gasteiger partial charge in [-0.25, -0.2) is 9.78 Å². The molecule has 0 spiro atoms. The highest BCUT2D eigenvalue weighted by atomic mass is 16.5. The predicted octanol–water partition coefficient (Wildman–Crippen LogP) is 4.70. The Morgan fingerprint density at radius 2 is 1.79 bits per heavy atom. The molecule has 4 aromatic heterocycles. The zero-order valence-corrected chi connectivity index (χ0v) is 34.8. The van der Waals surface area contributed by atoms with E-state index in [1.807, 2.05) is 42.6 Å². The van der Waals surface area contributed by atoms with Crippen molar-refractivity contribution in [1.82, 2.24) is 48.6 Å². The lowest BCUT2D eigenvalue weighted by atomic mass is 9.88. The van der Waals surface area contributed by atoms with Crippen molar-refractivity contribution in [2.75, 3.05) is 39.1 Å². The summed E-state index contributed by atoms with van der Waals surface area (Å²) in [4.78, 5) is 60.4. The van der Waals surface area contributed by atoms with Gasteiger partial charge in [-0.2, -0.15) is 14.7 Å². The molecule has 2 aromatic carbocycles. The summed E-state index contributed by atoms with van der Waals surface area (Å²) >= 11 is 0. The quantitative estimate of drug-likeness (QED) is 0.125. The van der Waals surface area contributed by atoms with Crippen LogP contribution in [0.5, 0.6) is 5.75 Å². The number of anilines is 1. The minimum Gasteiger partial charge on any atom is -0.496 e. The summed E-state index contributed by atoms with van der Waals surface area (Å²) < 4.78 is 12.3. The van der Waals surface area contributed by atoms with Crippen LogP contribution >= 0.6 is 0 Å². The van der Waals surface area contributed by atoms with Crippen LogP contribution in [0.25, 0.3) is 27.6 Å². The van der Waals surface area contributed by atoms with E-state index in [1.165, 1.54) is 4.57 Å². The Hall–Kier alpha value is -6.57. The molecule has 0 radical (unpaired) electrons. The number of nitrogens with one attached hydrogen (secondary N) is 2. The van der Waals surface area contributed by atoms with Crippen molar-refractivity contribution < 1.29 is 19.1 Å². The first-order chi connectivity index (χ1) is 29.7. The van der Waals surface area contributed by atoms with Gasteiger partial charge in [-0.3, -0.25) is 38.4 Å². The van der Waals surface area contributed by atoms with Crippen molar-refractivity contribution in [3.05, 3.63) is 95.8 Å². The van der Waals surface area contributed by atoms with Gasteiger partial charge in [-0.1, -0.05) is 17.9 Å². The maximum atomic E-state index is 13.4. The number of imidazole rings is 2. The summed E-state index contributed by atoms with van der Waals surface area (Å²) in [6.07, 6.45) is 12.2. The zero-order chi connectivity index (χ0) is 42.8. The molecule has 9 rings (SSSR count). The van der Waals surface area contributed by atoms with Crippen molar-refractivity contribution in [1.29, 1.82) is 0 Å². The number of benzene rings is 2. The number of rotatable bonds is 8. The molecule has 1 unspecified atom stereocenters. The molecule has 0 bridgehead atoms. The van der Waals surface area contributed by atoms with E-state index in [0.29, 0.717) is 58.9 Å². The Kier molecular flexibility index (Phi) is 11.9. The molecule has 3 amide bonds. The number of nitrogens with zero attached hydrogens (tertiary/aromatic N) is 9. The first-order valence-electron chi connectivity index (χ1n) is 20.8. The first kappa shape index (κ1) is 41.2. The second-order valence-electron chi connectivity index (χ2n) is 15.9. The highest BCUT2D eigenvalue weighted by Crippen LogP contribution is 2.35. The fraction of sp³-hybridized carbons (Fsp3) is 0.400. The highest BCUT2D eigenvalue weighted by Gasteiger charge is 2.33. The van der Waals surface area contributed by atoms with Gasteiger partial charge in [-0.15, -0.1) is 13.2 Å². The van der Waals surface area contributed by atoms with Gasteiger partial charge in [0.1, 0.15) is 11.8 Å². The summed E-state index contributed by atoms with van der Waals surface area (Å²) in [6.45, 7) is 8.56. The third-order valence-corrected chi connectivity index (χ3v) is 12.5. The van der Waals surface area contributed by atoms with Crippen molar-refractivity contribution >= 4 is 51.1 Å². The Labute approximate surface area is 353 Å². The molecule has 1 saturated carbocycles. The number of piperidine rings is 2. The summed E-state index contributed by atoms with van der Waals surface area (Å²) in [7, 11) is 5.54. The third-order valence-electron chi connectivity index (χ3n) is 12.5. The van der Waals surface area contributed by atoms with E-state index >= 15 is 0 Å².